The second kappa shape index (κ2) is 20.0. The third kappa shape index (κ3) is 12.8. The summed E-state index contributed by atoms with van der Waals surface area (Å²) in [6, 6.07) is 13.8. The van der Waals surface area contributed by atoms with Crippen molar-refractivity contribution in [2.24, 2.45) is 0 Å². The molecule has 222 valence electrons. The molecule has 2 atom stereocenters. The Morgan fingerprint density at radius 1 is 0.854 bits per heavy atom. The van der Waals surface area contributed by atoms with Crippen LogP contribution in [0.25, 0.3) is 0 Å². The van der Waals surface area contributed by atoms with Crippen LogP contribution in [0, 0.1) is 0 Å². The van der Waals surface area contributed by atoms with Gasteiger partial charge in [0.25, 0.3) is 5.91 Å². The zero-order valence-electron chi connectivity index (χ0n) is 23.8. The third-order valence-electron chi connectivity index (χ3n) is 5.99. The number of carbonyl (C=O) groups is 3. The summed E-state index contributed by atoms with van der Waals surface area (Å²) < 4.78 is 21.9. The number of allylic oxidation sites excluding steroid dienone is 1. The van der Waals surface area contributed by atoms with Gasteiger partial charge >= 0.3 is 5.97 Å². The molecule has 0 fully saturated rings. The molecule has 9 heteroatoms. The van der Waals surface area contributed by atoms with Gasteiger partial charge in [0.2, 0.25) is 5.91 Å². The van der Waals surface area contributed by atoms with Crippen LogP contribution in [-0.4, -0.2) is 63.4 Å². The molecule has 0 aliphatic carbocycles. The lowest BCUT2D eigenvalue weighted by Crippen LogP contribution is -2.54. The van der Waals surface area contributed by atoms with E-state index in [9.17, 15) is 14.4 Å². The fourth-order valence-corrected chi connectivity index (χ4v) is 3.83. The summed E-state index contributed by atoms with van der Waals surface area (Å²) in [5.74, 6) is -1.37. The van der Waals surface area contributed by atoms with E-state index >= 15 is 0 Å². The molecule has 0 radical (unpaired) electrons. The largest absolute Gasteiger partial charge is 0.493 e. The van der Waals surface area contributed by atoms with E-state index in [0.717, 1.165) is 37.7 Å². The molecule has 9 nitrogen and oxygen atoms in total. The van der Waals surface area contributed by atoms with Crippen LogP contribution in [0.4, 0.5) is 0 Å². The minimum absolute atomic E-state index is 0.0390. The van der Waals surface area contributed by atoms with Crippen molar-refractivity contribution >= 4 is 17.8 Å². The zero-order valence-corrected chi connectivity index (χ0v) is 23.8. The fourth-order valence-electron chi connectivity index (χ4n) is 3.83. The van der Waals surface area contributed by atoms with Gasteiger partial charge in [0.05, 0.1) is 32.0 Å². The van der Waals surface area contributed by atoms with Gasteiger partial charge in [0, 0.05) is 7.11 Å². The molecule has 2 aromatic carbocycles. The smallest absolute Gasteiger partial charge is 0.331 e. The molecule has 2 aromatic rings. The van der Waals surface area contributed by atoms with Gasteiger partial charge in [-0.3, -0.25) is 9.59 Å². The number of hydrogen-bond donors (Lipinski definition) is 2. The normalized spacial score (nSPS) is 12.0. The highest BCUT2D eigenvalue weighted by molar-refractivity contribution is 6.00. The number of esters is 1. The average molecular weight is 567 g/mol. The molecule has 0 aliphatic heterocycles. The van der Waals surface area contributed by atoms with E-state index in [1.165, 1.54) is 13.2 Å². The first-order chi connectivity index (χ1) is 20.0. The van der Waals surface area contributed by atoms with E-state index in [2.05, 4.69) is 23.8 Å². The molecule has 2 N–H and O–H groups in total. The van der Waals surface area contributed by atoms with Gasteiger partial charge in [-0.25, -0.2) is 4.79 Å². The SMILES string of the molecule is C=CCCCCCCOc1ccccc1C(=O)N[C@@H](COC)C(=O)N[C@@H](COCC=C)C(=O)OCc1ccccc1. The lowest BCUT2D eigenvalue weighted by molar-refractivity contribution is -0.151. The molecule has 0 unspecified atom stereocenters. The van der Waals surface area contributed by atoms with Gasteiger partial charge in [0.1, 0.15) is 18.4 Å². The Morgan fingerprint density at radius 3 is 2.32 bits per heavy atom. The molecule has 0 aliphatic rings. The van der Waals surface area contributed by atoms with Gasteiger partial charge in [0.15, 0.2) is 6.04 Å². The molecule has 0 heterocycles. The van der Waals surface area contributed by atoms with Crippen molar-refractivity contribution in [3.05, 3.63) is 91.0 Å². The number of methoxy groups -OCH3 is 1. The van der Waals surface area contributed by atoms with E-state index in [0.29, 0.717) is 17.9 Å². The predicted octanol–water partition coefficient (Wildman–Crippen LogP) is 4.38. The maximum Gasteiger partial charge on any atom is 0.331 e. The predicted molar refractivity (Wildman–Crippen MR) is 158 cm³/mol. The van der Waals surface area contributed by atoms with E-state index < -0.39 is 29.9 Å². The number of ether oxygens (including phenoxy) is 4. The van der Waals surface area contributed by atoms with E-state index in [1.54, 1.807) is 24.3 Å². The monoisotopic (exact) mass is 566 g/mol. The molecular formula is C32H42N2O7. The number of nitrogens with one attached hydrogen (secondary N) is 2. The quantitative estimate of drug-likeness (QED) is 0.131. The van der Waals surface area contributed by atoms with Crippen LogP contribution < -0.4 is 15.4 Å². The van der Waals surface area contributed by atoms with Crippen molar-refractivity contribution in [1.82, 2.24) is 10.6 Å². The first kappa shape index (κ1) is 33.3. The van der Waals surface area contributed by atoms with Crippen LogP contribution in [0.15, 0.2) is 79.9 Å². The van der Waals surface area contributed by atoms with Gasteiger partial charge in [-0.1, -0.05) is 67.5 Å². The third-order valence-corrected chi connectivity index (χ3v) is 5.99. The van der Waals surface area contributed by atoms with Gasteiger partial charge in [-0.15, -0.1) is 13.2 Å². The lowest BCUT2D eigenvalue weighted by Gasteiger charge is -2.22. The Morgan fingerprint density at radius 2 is 1.59 bits per heavy atom. The second-order valence-corrected chi connectivity index (χ2v) is 9.30. The summed E-state index contributed by atoms with van der Waals surface area (Å²) in [6.45, 7) is 7.76. The Bertz CT molecular complexity index is 1090. The highest BCUT2D eigenvalue weighted by atomic mass is 16.5. The van der Waals surface area contributed by atoms with Crippen molar-refractivity contribution in [3.63, 3.8) is 0 Å². The summed E-state index contributed by atoms with van der Waals surface area (Å²) in [5.41, 5.74) is 1.09. The molecule has 0 bridgehead atoms. The van der Waals surface area contributed by atoms with Crippen LogP contribution in [0.3, 0.4) is 0 Å². The van der Waals surface area contributed by atoms with Gasteiger partial charge < -0.3 is 29.6 Å². The molecule has 0 saturated carbocycles. The van der Waals surface area contributed by atoms with Crippen LogP contribution in [0.1, 0.15) is 48.0 Å². The molecule has 2 rings (SSSR count). The number of unbranched alkanes of at least 4 members (excludes halogenated alkanes) is 4. The zero-order chi connectivity index (χ0) is 29.7. The Labute approximate surface area is 242 Å². The molecule has 0 aromatic heterocycles. The van der Waals surface area contributed by atoms with Crippen molar-refractivity contribution in [2.75, 3.05) is 33.5 Å². The van der Waals surface area contributed by atoms with Crippen molar-refractivity contribution in [2.45, 2.75) is 50.8 Å². The average Bonchev–Trinajstić information content (AvgIpc) is 2.99. The number of benzene rings is 2. The first-order valence-electron chi connectivity index (χ1n) is 13.8. The number of rotatable bonds is 21. The second-order valence-electron chi connectivity index (χ2n) is 9.30. The maximum atomic E-state index is 13.2. The highest BCUT2D eigenvalue weighted by Gasteiger charge is 2.29. The van der Waals surface area contributed by atoms with Crippen LogP contribution in [0.5, 0.6) is 5.75 Å². The highest BCUT2D eigenvalue weighted by Crippen LogP contribution is 2.19. The fraction of sp³-hybridized carbons (Fsp3) is 0.406. The minimum atomic E-state index is -1.11. The summed E-state index contributed by atoms with van der Waals surface area (Å²) in [4.78, 5) is 39.2. The molecule has 0 saturated heterocycles. The molecular weight excluding hydrogens is 524 g/mol. The van der Waals surface area contributed by atoms with Gasteiger partial charge in [-0.2, -0.15) is 0 Å². The number of carbonyl (C=O) groups excluding carboxylic acids is 3. The Hall–Kier alpha value is -3.95. The van der Waals surface area contributed by atoms with E-state index in [-0.39, 0.29) is 26.4 Å². The van der Waals surface area contributed by atoms with E-state index in [1.807, 2.05) is 36.4 Å². The summed E-state index contributed by atoms with van der Waals surface area (Å²) in [6.07, 6.45) is 8.50. The van der Waals surface area contributed by atoms with Crippen molar-refractivity contribution in [1.29, 1.82) is 0 Å². The van der Waals surface area contributed by atoms with Crippen LogP contribution in [-0.2, 0) is 30.4 Å². The Kier molecular flexibility index (Phi) is 16.2. The summed E-state index contributed by atoms with van der Waals surface area (Å²) in [7, 11) is 1.41. The van der Waals surface area contributed by atoms with Crippen molar-refractivity contribution in [3.8, 4) is 5.75 Å². The minimum Gasteiger partial charge on any atom is -0.493 e. The molecule has 41 heavy (non-hydrogen) atoms. The molecule has 0 spiro atoms. The van der Waals surface area contributed by atoms with Crippen LogP contribution in [0.2, 0.25) is 0 Å². The summed E-state index contributed by atoms with van der Waals surface area (Å²) >= 11 is 0. The topological polar surface area (TPSA) is 112 Å². The summed E-state index contributed by atoms with van der Waals surface area (Å²) in [5, 5.41) is 5.32. The van der Waals surface area contributed by atoms with Crippen LogP contribution >= 0.6 is 0 Å². The number of para-hydroxylation sites is 1. The van der Waals surface area contributed by atoms with E-state index in [4.69, 9.17) is 18.9 Å². The number of hydrogen-bond acceptors (Lipinski definition) is 7. The lowest BCUT2D eigenvalue weighted by atomic mass is 10.1. The molecule has 2 amide bonds. The Balaban J connectivity index is 2.01. The number of amides is 2. The standard InChI is InChI=1S/C32H42N2O7/c1-4-6-7-8-9-15-21-40-29-19-14-13-18-26(29)30(35)33-27(23-38-3)31(36)34-28(24-39-20-5-2)32(37)41-22-25-16-11-10-12-17-25/h4-5,10-14,16-19,27-28H,1-2,6-9,15,20-24H2,3H3,(H,33,35)(H,34,36)/t27-,28-/m0/s1. The maximum absolute atomic E-state index is 13.2. The van der Waals surface area contributed by atoms with Crippen molar-refractivity contribution < 1.29 is 33.3 Å². The van der Waals surface area contributed by atoms with Gasteiger partial charge in [-0.05, 0) is 37.0 Å². The first-order valence-corrected chi connectivity index (χ1v) is 13.8.